The van der Waals surface area contributed by atoms with E-state index in [-0.39, 0.29) is 23.3 Å². The number of methoxy groups -OCH3 is 1. The van der Waals surface area contributed by atoms with Gasteiger partial charge in [-0.1, -0.05) is 18.2 Å². The Morgan fingerprint density at radius 1 is 1.32 bits per heavy atom. The zero-order chi connectivity index (χ0) is 20.0. The number of nitrogens with zero attached hydrogens (tertiary/aromatic N) is 1. The van der Waals surface area contributed by atoms with Crippen molar-refractivity contribution >= 4 is 16.9 Å². The third-order valence-electron chi connectivity index (χ3n) is 5.34. The highest BCUT2D eigenvalue weighted by Crippen LogP contribution is 2.33. The van der Waals surface area contributed by atoms with Gasteiger partial charge >= 0.3 is 5.97 Å². The number of aromatic nitrogens is 2. The quantitative estimate of drug-likeness (QED) is 0.674. The van der Waals surface area contributed by atoms with Crippen molar-refractivity contribution in [2.75, 3.05) is 7.11 Å². The Labute approximate surface area is 160 Å². The van der Waals surface area contributed by atoms with Gasteiger partial charge in [0.05, 0.1) is 24.6 Å². The Morgan fingerprint density at radius 3 is 2.82 bits per heavy atom. The van der Waals surface area contributed by atoms with E-state index in [9.17, 15) is 19.5 Å². The minimum atomic E-state index is -0.915. The van der Waals surface area contributed by atoms with Crippen LogP contribution in [0, 0.1) is 6.92 Å². The molecule has 0 fully saturated rings. The standard InChI is InChI=1S/C21H20N2O5/c1-11-8-16(24)18(20(26)22-11)14(10-17(25)28-2)15-9-13-5-3-4-12-6-7-23(19(12)13)21(15)27/h3-5,8-9,14H,6-7,10H2,1-2H3,(H2,22,24,26). The number of benzene rings is 1. The predicted molar refractivity (Wildman–Crippen MR) is 104 cm³/mol. The van der Waals surface area contributed by atoms with Gasteiger partial charge in [0.2, 0.25) is 0 Å². The number of carbonyl (C=O) groups excluding carboxylic acids is 1. The molecule has 2 aromatic heterocycles. The number of ether oxygens (including phenoxy) is 1. The Morgan fingerprint density at radius 2 is 2.11 bits per heavy atom. The first kappa shape index (κ1) is 18.0. The van der Waals surface area contributed by atoms with E-state index < -0.39 is 17.4 Å². The van der Waals surface area contributed by atoms with Crippen molar-refractivity contribution in [2.24, 2.45) is 0 Å². The van der Waals surface area contributed by atoms with E-state index >= 15 is 0 Å². The second-order valence-corrected chi connectivity index (χ2v) is 7.07. The number of para-hydroxylation sites is 1. The number of carbonyl (C=O) groups is 1. The maximum atomic E-state index is 13.2. The van der Waals surface area contributed by atoms with Crippen LogP contribution in [0.5, 0.6) is 5.75 Å². The van der Waals surface area contributed by atoms with Gasteiger partial charge in [-0.05, 0) is 36.4 Å². The molecule has 2 N–H and O–H groups in total. The van der Waals surface area contributed by atoms with E-state index in [0.29, 0.717) is 17.8 Å². The molecule has 1 aromatic carbocycles. The zero-order valence-corrected chi connectivity index (χ0v) is 15.6. The Bertz CT molecular complexity index is 1220. The largest absolute Gasteiger partial charge is 0.507 e. The van der Waals surface area contributed by atoms with E-state index in [0.717, 1.165) is 22.9 Å². The van der Waals surface area contributed by atoms with Crippen molar-refractivity contribution in [2.45, 2.75) is 32.2 Å². The molecule has 0 radical (unpaired) electrons. The summed E-state index contributed by atoms with van der Waals surface area (Å²) in [6.45, 7) is 2.19. The molecule has 1 unspecified atom stereocenters. The molecule has 1 aliphatic heterocycles. The number of rotatable bonds is 4. The van der Waals surface area contributed by atoms with Gasteiger partial charge in [-0.2, -0.15) is 0 Å². The van der Waals surface area contributed by atoms with Crippen LogP contribution < -0.4 is 11.1 Å². The SMILES string of the molecule is COC(=O)CC(c1c(O)cc(C)[nH]c1=O)c1cc2cccc3c2n(c1=O)CC3. The molecule has 3 heterocycles. The minimum absolute atomic E-state index is 0.00518. The smallest absolute Gasteiger partial charge is 0.306 e. The number of pyridine rings is 2. The third-order valence-corrected chi connectivity index (χ3v) is 5.34. The number of aromatic amines is 1. The summed E-state index contributed by atoms with van der Waals surface area (Å²) in [6.07, 6.45) is 0.532. The lowest BCUT2D eigenvalue weighted by atomic mass is 9.88. The number of hydrogen-bond donors (Lipinski definition) is 2. The van der Waals surface area contributed by atoms with Crippen LogP contribution in [0.15, 0.2) is 39.9 Å². The fraction of sp³-hybridized carbons (Fsp3) is 0.286. The summed E-state index contributed by atoms with van der Waals surface area (Å²) >= 11 is 0. The maximum absolute atomic E-state index is 13.2. The van der Waals surface area contributed by atoms with E-state index in [1.807, 2.05) is 18.2 Å². The van der Waals surface area contributed by atoms with Crippen LogP contribution in [0.2, 0.25) is 0 Å². The first-order valence-electron chi connectivity index (χ1n) is 9.05. The van der Waals surface area contributed by atoms with Crippen LogP contribution in [0.1, 0.15) is 34.7 Å². The number of aryl methyl sites for hydroxylation is 3. The van der Waals surface area contributed by atoms with E-state index in [4.69, 9.17) is 4.74 Å². The zero-order valence-electron chi connectivity index (χ0n) is 15.6. The summed E-state index contributed by atoms with van der Waals surface area (Å²) in [5, 5.41) is 11.3. The van der Waals surface area contributed by atoms with Gasteiger partial charge in [0, 0.05) is 23.7 Å². The molecule has 3 aromatic rings. The number of H-pyrrole nitrogens is 1. The van der Waals surface area contributed by atoms with Crippen LogP contribution in [-0.2, 0) is 22.5 Å². The molecule has 28 heavy (non-hydrogen) atoms. The van der Waals surface area contributed by atoms with Crippen molar-refractivity contribution in [3.63, 3.8) is 0 Å². The van der Waals surface area contributed by atoms with Gasteiger partial charge < -0.3 is 19.4 Å². The lowest BCUT2D eigenvalue weighted by Gasteiger charge is -2.18. The molecular formula is C21H20N2O5. The molecule has 0 aliphatic carbocycles. The van der Waals surface area contributed by atoms with Crippen LogP contribution in [-0.4, -0.2) is 27.7 Å². The fourth-order valence-electron chi connectivity index (χ4n) is 4.08. The highest BCUT2D eigenvalue weighted by atomic mass is 16.5. The van der Waals surface area contributed by atoms with E-state index in [1.165, 1.54) is 13.2 Å². The van der Waals surface area contributed by atoms with Gasteiger partial charge in [0.25, 0.3) is 11.1 Å². The molecule has 0 bridgehead atoms. The van der Waals surface area contributed by atoms with Crippen LogP contribution in [0.3, 0.4) is 0 Å². The number of esters is 1. The molecular weight excluding hydrogens is 360 g/mol. The summed E-state index contributed by atoms with van der Waals surface area (Å²) in [4.78, 5) is 40.6. The summed E-state index contributed by atoms with van der Waals surface area (Å²) in [5.41, 5.74) is 1.97. The van der Waals surface area contributed by atoms with Crippen molar-refractivity contribution in [3.8, 4) is 5.75 Å². The van der Waals surface area contributed by atoms with Gasteiger partial charge in [-0.3, -0.25) is 14.4 Å². The maximum Gasteiger partial charge on any atom is 0.306 e. The topological polar surface area (TPSA) is 101 Å². The molecule has 1 atom stereocenters. The van der Waals surface area contributed by atoms with Crippen molar-refractivity contribution in [3.05, 3.63) is 73.4 Å². The number of nitrogens with one attached hydrogen (secondary N) is 1. The molecule has 144 valence electrons. The van der Waals surface area contributed by atoms with Gasteiger partial charge in [0.15, 0.2) is 0 Å². The van der Waals surface area contributed by atoms with Gasteiger partial charge in [-0.25, -0.2) is 0 Å². The molecule has 0 saturated heterocycles. The molecule has 0 amide bonds. The van der Waals surface area contributed by atoms with Gasteiger partial charge in [-0.15, -0.1) is 0 Å². The minimum Gasteiger partial charge on any atom is -0.507 e. The lowest BCUT2D eigenvalue weighted by molar-refractivity contribution is -0.140. The predicted octanol–water partition coefficient (Wildman–Crippen LogP) is 1.95. The first-order valence-corrected chi connectivity index (χ1v) is 9.05. The van der Waals surface area contributed by atoms with Crippen molar-refractivity contribution in [1.82, 2.24) is 9.55 Å². The van der Waals surface area contributed by atoms with E-state index in [2.05, 4.69) is 4.98 Å². The number of hydrogen-bond acceptors (Lipinski definition) is 5. The van der Waals surface area contributed by atoms with Crippen molar-refractivity contribution in [1.29, 1.82) is 0 Å². The summed E-state index contributed by atoms with van der Waals surface area (Å²) in [5.74, 6) is -1.73. The van der Waals surface area contributed by atoms with Crippen LogP contribution >= 0.6 is 0 Å². The van der Waals surface area contributed by atoms with Crippen LogP contribution in [0.4, 0.5) is 0 Å². The molecule has 0 spiro atoms. The second-order valence-electron chi connectivity index (χ2n) is 7.07. The monoisotopic (exact) mass is 380 g/mol. The average Bonchev–Trinajstić information content (AvgIpc) is 3.08. The summed E-state index contributed by atoms with van der Waals surface area (Å²) in [6, 6.07) is 8.95. The average molecular weight is 380 g/mol. The highest BCUT2D eigenvalue weighted by Gasteiger charge is 2.29. The Balaban J connectivity index is 2.00. The third kappa shape index (κ3) is 2.79. The second kappa shape index (κ2) is 6.67. The normalized spacial score (nSPS) is 13.6. The molecule has 7 heteroatoms. The summed E-state index contributed by atoms with van der Waals surface area (Å²) in [7, 11) is 1.25. The van der Waals surface area contributed by atoms with Gasteiger partial charge in [0.1, 0.15) is 5.75 Å². The molecule has 0 saturated carbocycles. The molecule has 4 rings (SSSR count). The fourth-order valence-corrected chi connectivity index (χ4v) is 4.08. The molecule has 7 nitrogen and oxygen atoms in total. The Hall–Kier alpha value is -3.35. The first-order chi connectivity index (χ1) is 13.4. The van der Waals surface area contributed by atoms with Crippen molar-refractivity contribution < 1.29 is 14.6 Å². The highest BCUT2D eigenvalue weighted by molar-refractivity contribution is 5.84. The van der Waals surface area contributed by atoms with Crippen LogP contribution in [0.25, 0.3) is 10.9 Å². The lowest BCUT2D eigenvalue weighted by Crippen LogP contribution is -2.29. The van der Waals surface area contributed by atoms with E-state index in [1.54, 1.807) is 17.6 Å². The molecule has 1 aliphatic rings. The summed E-state index contributed by atoms with van der Waals surface area (Å²) < 4.78 is 6.46. The number of aromatic hydroxyl groups is 1. The Kier molecular flexibility index (Phi) is 4.30.